The van der Waals surface area contributed by atoms with Gasteiger partial charge in [-0.05, 0) is 60.7 Å². The van der Waals surface area contributed by atoms with Crippen LogP contribution in [-0.2, 0) is 0 Å². The topological polar surface area (TPSA) is 41.1 Å². The zero-order chi connectivity index (χ0) is 19.8. The van der Waals surface area contributed by atoms with E-state index < -0.39 is 0 Å². The number of nitrogens with one attached hydrogen (secondary N) is 2. The molecule has 29 heavy (non-hydrogen) atoms. The second-order valence-electron chi connectivity index (χ2n) is 8.01. The van der Waals surface area contributed by atoms with Gasteiger partial charge in [0.05, 0.1) is 6.04 Å². The Morgan fingerprint density at radius 1 is 1.00 bits per heavy atom. The van der Waals surface area contributed by atoms with Crippen LogP contribution in [0.3, 0.4) is 0 Å². The fourth-order valence-electron chi connectivity index (χ4n) is 4.57. The highest BCUT2D eigenvalue weighted by Crippen LogP contribution is 2.50. The van der Waals surface area contributed by atoms with Gasteiger partial charge in [0.1, 0.15) is 0 Å². The normalized spacial score (nSPS) is 21.8. The van der Waals surface area contributed by atoms with Crippen LogP contribution in [0.2, 0.25) is 0 Å². The standard InChI is InChI=1S/C26H24N2O/c1-17-10-12-18(13-11-17)25-22-9-5-8-21(22)23-16-20(14-15-24(23)28-25)27-26(29)19-6-3-2-4-7-19/h2-8,10-16,21-22,25,28H,9H2,1H3,(H,27,29). The minimum atomic E-state index is -0.0784. The zero-order valence-corrected chi connectivity index (χ0v) is 16.4. The first-order valence-corrected chi connectivity index (χ1v) is 10.2. The summed E-state index contributed by atoms with van der Waals surface area (Å²) in [6, 6.07) is 24.7. The number of anilines is 2. The lowest BCUT2D eigenvalue weighted by atomic mass is 9.77. The van der Waals surface area contributed by atoms with Gasteiger partial charge < -0.3 is 10.6 Å². The number of allylic oxidation sites excluding steroid dienone is 2. The molecule has 5 rings (SSSR count). The fraction of sp³-hybridized carbons (Fsp3) is 0.192. The SMILES string of the molecule is Cc1ccc(C2Nc3ccc(NC(=O)c4ccccc4)cc3C3C=CCC32)cc1. The molecule has 3 aromatic rings. The third-order valence-electron chi connectivity index (χ3n) is 6.09. The van der Waals surface area contributed by atoms with Gasteiger partial charge in [0, 0.05) is 22.9 Å². The monoisotopic (exact) mass is 380 g/mol. The molecule has 144 valence electrons. The van der Waals surface area contributed by atoms with Gasteiger partial charge in [-0.3, -0.25) is 4.79 Å². The number of amides is 1. The van der Waals surface area contributed by atoms with Crippen LogP contribution < -0.4 is 10.6 Å². The van der Waals surface area contributed by atoms with Crippen LogP contribution in [0, 0.1) is 12.8 Å². The molecule has 1 amide bonds. The van der Waals surface area contributed by atoms with E-state index in [0.29, 0.717) is 23.4 Å². The molecule has 0 radical (unpaired) electrons. The van der Waals surface area contributed by atoms with Crippen molar-refractivity contribution in [3.8, 4) is 0 Å². The molecule has 3 aromatic carbocycles. The van der Waals surface area contributed by atoms with Gasteiger partial charge in [-0.25, -0.2) is 0 Å². The molecule has 1 heterocycles. The average molecular weight is 380 g/mol. The van der Waals surface area contributed by atoms with Crippen molar-refractivity contribution in [2.24, 2.45) is 5.92 Å². The molecule has 0 saturated heterocycles. The van der Waals surface area contributed by atoms with E-state index in [4.69, 9.17) is 0 Å². The summed E-state index contributed by atoms with van der Waals surface area (Å²) in [5, 5.41) is 6.81. The van der Waals surface area contributed by atoms with Crippen LogP contribution in [0.25, 0.3) is 0 Å². The largest absolute Gasteiger partial charge is 0.378 e. The lowest BCUT2D eigenvalue weighted by molar-refractivity contribution is 0.102. The molecule has 0 saturated carbocycles. The van der Waals surface area contributed by atoms with E-state index in [2.05, 4.69) is 66.1 Å². The van der Waals surface area contributed by atoms with Crippen molar-refractivity contribution in [1.82, 2.24) is 0 Å². The summed E-state index contributed by atoms with van der Waals surface area (Å²) >= 11 is 0. The maximum atomic E-state index is 12.5. The molecule has 0 aromatic heterocycles. The maximum absolute atomic E-state index is 12.5. The van der Waals surface area contributed by atoms with Crippen molar-refractivity contribution in [2.75, 3.05) is 10.6 Å². The van der Waals surface area contributed by atoms with Crippen LogP contribution >= 0.6 is 0 Å². The van der Waals surface area contributed by atoms with Crippen LogP contribution in [0.5, 0.6) is 0 Å². The predicted molar refractivity (Wildman–Crippen MR) is 118 cm³/mol. The Hall–Kier alpha value is -3.33. The Kier molecular flexibility index (Phi) is 4.44. The summed E-state index contributed by atoms with van der Waals surface area (Å²) in [5.74, 6) is 0.779. The summed E-state index contributed by atoms with van der Waals surface area (Å²) in [6.07, 6.45) is 5.69. The van der Waals surface area contributed by atoms with E-state index in [0.717, 1.165) is 17.8 Å². The van der Waals surface area contributed by atoms with Crippen molar-refractivity contribution in [2.45, 2.75) is 25.3 Å². The minimum Gasteiger partial charge on any atom is -0.378 e. The number of aryl methyl sites for hydroxylation is 1. The van der Waals surface area contributed by atoms with Gasteiger partial charge in [0.25, 0.3) is 5.91 Å². The number of carbonyl (C=O) groups is 1. The van der Waals surface area contributed by atoms with Gasteiger partial charge in [0.15, 0.2) is 0 Å². The number of carbonyl (C=O) groups excluding carboxylic acids is 1. The highest BCUT2D eigenvalue weighted by molar-refractivity contribution is 6.04. The quantitative estimate of drug-likeness (QED) is 0.541. The highest BCUT2D eigenvalue weighted by Gasteiger charge is 2.37. The fourth-order valence-corrected chi connectivity index (χ4v) is 4.57. The third kappa shape index (κ3) is 3.33. The number of fused-ring (bicyclic) bond motifs is 3. The number of hydrogen-bond donors (Lipinski definition) is 2. The van der Waals surface area contributed by atoms with Gasteiger partial charge in [-0.15, -0.1) is 0 Å². The first-order valence-electron chi connectivity index (χ1n) is 10.2. The predicted octanol–water partition coefficient (Wildman–Crippen LogP) is 6.07. The Morgan fingerprint density at radius 2 is 1.79 bits per heavy atom. The molecule has 1 aliphatic heterocycles. The first kappa shape index (κ1) is 17.7. The zero-order valence-electron chi connectivity index (χ0n) is 16.4. The van der Waals surface area contributed by atoms with E-state index in [1.54, 1.807) is 0 Å². The Labute approximate surface area is 171 Å². The number of rotatable bonds is 3. The molecule has 3 atom stereocenters. The third-order valence-corrected chi connectivity index (χ3v) is 6.09. The van der Waals surface area contributed by atoms with E-state index in [-0.39, 0.29) is 5.91 Å². The van der Waals surface area contributed by atoms with E-state index in [9.17, 15) is 4.79 Å². The Bertz CT molecular complexity index is 1070. The number of benzene rings is 3. The molecule has 3 nitrogen and oxygen atoms in total. The van der Waals surface area contributed by atoms with Crippen molar-refractivity contribution >= 4 is 17.3 Å². The highest BCUT2D eigenvalue weighted by atomic mass is 16.1. The minimum absolute atomic E-state index is 0.0784. The van der Waals surface area contributed by atoms with E-state index in [1.165, 1.54) is 16.7 Å². The van der Waals surface area contributed by atoms with E-state index in [1.807, 2.05) is 36.4 Å². The van der Waals surface area contributed by atoms with Gasteiger partial charge in [-0.2, -0.15) is 0 Å². The summed E-state index contributed by atoms with van der Waals surface area (Å²) in [6.45, 7) is 2.12. The van der Waals surface area contributed by atoms with Gasteiger partial charge >= 0.3 is 0 Å². The average Bonchev–Trinajstić information content (AvgIpc) is 3.25. The summed E-state index contributed by atoms with van der Waals surface area (Å²) < 4.78 is 0. The summed E-state index contributed by atoms with van der Waals surface area (Å²) in [7, 11) is 0. The lowest BCUT2D eigenvalue weighted by Crippen LogP contribution is -2.29. The molecule has 3 unspecified atom stereocenters. The molecule has 0 spiro atoms. The molecule has 0 fully saturated rings. The Balaban J connectivity index is 1.44. The molecule has 2 N–H and O–H groups in total. The lowest BCUT2D eigenvalue weighted by Gasteiger charge is -2.37. The first-order chi connectivity index (χ1) is 14.2. The second-order valence-corrected chi connectivity index (χ2v) is 8.01. The maximum Gasteiger partial charge on any atom is 0.255 e. The molecular formula is C26H24N2O. The second kappa shape index (κ2) is 7.25. The smallest absolute Gasteiger partial charge is 0.255 e. The van der Waals surface area contributed by atoms with Crippen LogP contribution in [0.15, 0.2) is 84.9 Å². The van der Waals surface area contributed by atoms with Crippen molar-refractivity contribution in [3.63, 3.8) is 0 Å². The Morgan fingerprint density at radius 3 is 2.59 bits per heavy atom. The summed E-state index contributed by atoms with van der Waals surface area (Å²) in [5.41, 5.74) is 6.54. The molecule has 0 bridgehead atoms. The summed E-state index contributed by atoms with van der Waals surface area (Å²) in [4.78, 5) is 12.5. The van der Waals surface area contributed by atoms with E-state index >= 15 is 0 Å². The van der Waals surface area contributed by atoms with Crippen LogP contribution in [0.1, 0.15) is 45.4 Å². The van der Waals surface area contributed by atoms with Crippen molar-refractivity contribution in [1.29, 1.82) is 0 Å². The van der Waals surface area contributed by atoms with Crippen LogP contribution in [0.4, 0.5) is 11.4 Å². The van der Waals surface area contributed by atoms with Gasteiger partial charge in [-0.1, -0.05) is 60.2 Å². The van der Waals surface area contributed by atoms with Crippen molar-refractivity contribution in [3.05, 3.63) is 107 Å². The molecule has 2 aliphatic rings. The molecule has 3 heteroatoms. The van der Waals surface area contributed by atoms with Crippen molar-refractivity contribution < 1.29 is 4.79 Å². The number of hydrogen-bond acceptors (Lipinski definition) is 2. The molecule has 1 aliphatic carbocycles. The van der Waals surface area contributed by atoms with Crippen LogP contribution in [-0.4, -0.2) is 5.91 Å². The van der Waals surface area contributed by atoms with Gasteiger partial charge in [0.2, 0.25) is 0 Å². The molecular weight excluding hydrogens is 356 g/mol.